The second-order valence-corrected chi connectivity index (χ2v) is 8.19. The smallest absolute Gasteiger partial charge is 0.264 e. The monoisotopic (exact) mass is 372 g/mol. The fourth-order valence-electron chi connectivity index (χ4n) is 2.60. The van der Waals surface area contributed by atoms with Crippen LogP contribution in [0.15, 0.2) is 24.8 Å². The number of allylic oxidation sites excluding steroid dienone is 1. The van der Waals surface area contributed by atoms with Crippen LogP contribution in [0.25, 0.3) is 0 Å². The fourth-order valence-corrected chi connectivity index (χ4v) is 3.34. The maximum Gasteiger partial charge on any atom is 0.264 e. The van der Waals surface area contributed by atoms with Crippen molar-refractivity contribution in [3.05, 3.63) is 35.9 Å². The molecule has 2 atom stereocenters. The third-order valence-corrected chi connectivity index (χ3v) is 4.56. The number of aliphatic hydroxyl groups is 1. The van der Waals surface area contributed by atoms with Crippen LogP contribution in [0.1, 0.15) is 37.3 Å². The van der Waals surface area contributed by atoms with Crippen LogP contribution in [0.3, 0.4) is 0 Å². The first-order valence-electron chi connectivity index (χ1n) is 7.88. The van der Waals surface area contributed by atoms with E-state index in [2.05, 4.69) is 6.58 Å². The van der Waals surface area contributed by atoms with Gasteiger partial charge in [-0.2, -0.15) is 8.42 Å². The predicted octanol–water partition coefficient (Wildman–Crippen LogP) is 2.79. The summed E-state index contributed by atoms with van der Waals surface area (Å²) in [5.74, 6) is 1.02. The molecule has 0 unspecified atom stereocenters. The minimum absolute atomic E-state index is 0.211. The lowest BCUT2D eigenvalue weighted by atomic mass is 9.86. The van der Waals surface area contributed by atoms with Crippen molar-refractivity contribution in [2.24, 2.45) is 0 Å². The molecule has 0 amide bonds. The van der Waals surface area contributed by atoms with Gasteiger partial charge in [0, 0.05) is 11.5 Å². The first-order valence-corrected chi connectivity index (χ1v) is 9.70. The van der Waals surface area contributed by atoms with E-state index in [4.69, 9.17) is 13.7 Å². The molecule has 0 spiro atoms. The van der Waals surface area contributed by atoms with E-state index in [1.54, 1.807) is 20.3 Å². The number of hydrogen-bond donors (Lipinski definition) is 1. The molecule has 142 valence electrons. The molecule has 0 aromatic heterocycles. The van der Waals surface area contributed by atoms with E-state index in [-0.39, 0.29) is 12.3 Å². The van der Waals surface area contributed by atoms with Gasteiger partial charge in [-0.1, -0.05) is 6.08 Å². The van der Waals surface area contributed by atoms with Crippen LogP contribution in [0.4, 0.5) is 0 Å². The summed E-state index contributed by atoms with van der Waals surface area (Å²) in [6.45, 7) is 8.76. The summed E-state index contributed by atoms with van der Waals surface area (Å²) in [4.78, 5) is 0. The molecule has 1 aromatic carbocycles. The molecule has 1 rings (SSSR count). The molecule has 0 aliphatic heterocycles. The summed E-state index contributed by atoms with van der Waals surface area (Å²) < 4.78 is 39.0. The zero-order valence-corrected chi connectivity index (χ0v) is 16.5. The highest BCUT2D eigenvalue weighted by Gasteiger charge is 2.34. The van der Waals surface area contributed by atoms with Crippen molar-refractivity contribution in [3.8, 4) is 11.5 Å². The second kappa shape index (κ2) is 8.21. The number of methoxy groups -OCH3 is 2. The molecule has 0 heterocycles. The van der Waals surface area contributed by atoms with E-state index in [0.29, 0.717) is 11.5 Å². The molecule has 0 saturated carbocycles. The number of benzene rings is 1. The van der Waals surface area contributed by atoms with Crippen LogP contribution in [-0.2, 0) is 14.3 Å². The second-order valence-electron chi connectivity index (χ2n) is 6.58. The highest BCUT2D eigenvalue weighted by atomic mass is 32.2. The Morgan fingerprint density at radius 1 is 1.24 bits per heavy atom. The molecule has 0 fully saturated rings. The van der Waals surface area contributed by atoms with E-state index >= 15 is 0 Å². The Bertz CT molecular complexity index is 703. The molecule has 0 aliphatic carbocycles. The van der Waals surface area contributed by atoms with Crippen molar-refractivity contribution in [2.75, 3.05) is 20.5 Å². The molecule has 0 aliphatic rings. The molecule has 25 heavy (non-hydrogen) atoms. The van der Waals surface area contributed by atoms with Crippen LogP contribution in [0, 0.1) is 6.92 Å². The van der Waals surface area contributed by atoms with Gasteiger partial charge in [0.1, 0.15) is 17.6 Å². The number of ether oxygens (including phenoxy) is 2. The van der Waals surface area contributed by atoms with Gasteiger partial charge in [0.25, 0.3) is 10.1 Å². The topological polar surface area (TPSA) is 82.1 Å². The van der Waals surface area contributed by atoms with Crippen molar-refractivity contribution in [1.29, 1.82) is 0 Å². The number of hydrogen-bond acceptors (Lipinski definition) is 6. The molecular formula is C18H28O6S. The van der Waals surface area contributed by atoms with Crippen LogP contribution in [-0.4, -0.2) is 45.7 Å². The lowest BCUT2D eigenvalue weighted by molar-refractivity contribution is -0.0355. The summed E-state index contributed by atoms with van der Waals surface area (Å²) in [6.07, 6.45) is 1.91. The fraction of sp³-hybridized carbons (Fsp3) is 0.556. The minimum Gasteiger partial charge on any atom is -0.496 e. The summed E-state index contributed by atoms with van der Waals surface area (Å²) >= 11 is 0. The Morgan fingerprint density at radius 2 is 1.80 bits per heavy atom. The van der Waals surface area contributed by atoms with Gasteiger partial charge in [-0.05, 0) is 44.9 Å². The third kappa shape index (κ3) is 6.02. The standard InChI is InChI=1S/C18H28O6S/c1-8-13(10-17(18(3,4)19)24-25(7,20)21)14-11-15(22-5)12(2)9-16(14)23-6/h8-9,11,13,17,19H,1,10H2,2-7H3/t13-,17+/m0/s1. The van der Waals surface area contributed by atoms with Crippen LogP contribution >= 0.6 is 0 Å². The first kappa shape index (κ1) is 21.5. The zero-order chi connectivity index (χ0) is 19.4. The molecule has 7 heteroatoms. The Morgan fingerprint density at radius 3 is 2.20 bits per heavy atom. The van der Waals surface area contributed by atoms with Gasteiger partial charge >= 0.3 is 0 Å². The van der Waals surface area contributed by atoms with Gasteiger partial charge in [-0.3, -0.25) is 4.18 Å². The highest BCUT2D eigenvalue weighted by molar-refractivity contribution is 7.86. The van der Waals surface area contributed by atoms with Crippen molar-refractivity contribution in [2.45, 2.75) is 44.8 Å². The largest absolute Gasteiger partial charge is 0.496 e. The molecule has 0 saturated heterocycles. The lowest BCUT2D eigenvalue weighted by Crippen LogP contribution is -2.40. The quantitative estimate of drug-likeness (QED) is 0.530. The Balaban J connectivity index is 3.30. The average Bonchev–Trinajstić information content (AvgIpc) is 2.49. The molecule has 0 bridgehead atoms. The SMILES string of the molecule is C=C[C@@H](C[C@@H](OS(C)(=O)=O)C(C)(C)O)c1cc(OC)c(C)cc1OC. The van der Waals surface area contributed by atoms with Crippen molar-refractivity contribution < 1.29 is 27.2 Å². The van der Waals surface area contributed by atoms with E-state index < -0.39 is 21.8 Å². The lowest BCUT2D eigenvalue weighted by Gasteiger charge is -2.31. The maximum atomic E-state index is 11.6. The summed E-state index contributed by atoms with van der Waals surface area (Å²) in [5, 5.41) is 10.3. The van der Waals surface area contributed by atoms with Gasteiger partial charge in [0.15, 0.2) is 0 Å². The number of rotatable bonds is 9. The van der Waals surface area contributed by atoms with Crippen LogP contribution in [0.2, 0.25) is 0 Å². The average molecular weight is 372 g/mol. The first-order chi connectivity index (χ1) is 11.4. The van der Waals surface area contributed by atoms with E-state index in [9.17, 15) is 13.5 Å². The molecule has 6 nitrogen and oxygen atoms in total. The molecular weight excluding hydrogens is 344 g/mol. The summed E-state index contributed by atoms with van der Waals surface area (Å²) in [6, 6.07) is 3.68. The van der Waals surface area contributed by atoms with Gasteiger partial charge in [-0.25, -0.2) is 0 Å². The highest BCUT2D eigenvalue weighted by Crippen LogP contribution is 2.37. The molecule has 1 N–H and O–H groups in total. The number of aryl methyl sites for hydroxylation is 1. The van der Waals surface area contributed by atoms with Crippen molar-refractivity contribution >= 4 is 10.1 Å². The Hall–Kier alpha value is -1.57. The van der Waals surface area contributed by atoms with Gasteiger partial charge in [0.2, 0.25) is 0 Å². The Kier molecular flexibility index (Phi) is 7.05. The maximum absolute atomic E-state index is 11.6. The Labute approximate surface area is 150 Å². The van der Waals surface area contributed by atoms with Crippen molar-refractivity contribution in [3.63, 3.8) is 0 Å². The summed E-state index contributed by atoms with van der Waals surface area (Å²) in [5.41, 5.74) is 0.343. The molecule has 1 aromatic rings. The minimum atomic E-state index is -3.73. The van der Waals surface area contributed by atoms with Gasteiger partial charge in [-0.15, -0.1) is 6.58 Å². The van der Waals surface area contributed by atoms with Gasteiger partial charge in [0.05, 0.1) is 26.1 Å². The van der Waals surface area contributed by atoms with E-state index in [1.165, 1.54) is 13.8 Å². The van der Waals surface area contributed by atoms with E-state index in [1.807, 2.05) is 19.1 Å². The van der Waals surface area contributed by atoms with Crippen LogP contribution in [0.5, 0.6) is 11.5 Å². The third-order valence-electron chi connectivity index (χ3n) is 3.98. The zero-order valence-electron chi connectivity index (χ0n) is 15.7. The van der Waals surface area contributed by atoms with Crippen molar-refractivity contribution in [1.82, 2.24) is 0 Å². The predicted molar refractivity (Wildman–Crippen MR) is 97.9 cm³/mol. The summed E-state index contributed by atoms with van der Waals surface area (Å²) in [7, 11) is -0.590. The molecule has 0 radical (unpaired) electrons. The normalized spacial score (nSPS) is 14.7. The van der Waals surface area contributed by atoms with Crippen LogP contribution < -0.4 is 9.47 Å². The van der Waals surface area contributed by atoms with E-state index in [0.717, 1.165) is 17.4 Å². The van der Waals surface area contributed by atoms with Gasteiger partial charge < -0.3 is 14.6 Å².